The number of H-pyrrole nitrogens is 1. The maximum Gasteiger partial charge on any atom is 0.407 e. The highest BCUT2D eigenvalue weighted by Crippen LogP contribution is 2.30. The molecule has 0 radical (unpaired) electrons. The Balaban J connectivity index is 1.65. The van der Waals surface area contributed by atoms with Crippen LogP contribution in [0.1, 0.15) is 23.8 Å². The second-order valence-corrected chi connectivity index (χ2v) is 7.72. The summed E-state index contributed by atoms with van der Waals surface area (Å²) in [6.45, 7) is 1.26. The van der Waals surface area contributed by atoms with Crippen molar-refractivity contribution >= 4 is 12.0 Å². The summed E-state index contributed by atoms with van der Waals surface area (Å²) < 4.78 is 12.2. The standard InChI is InChI=1S/C21H25N7O6/c1-12-10-28(20(31)25-18(12)29)17-9-14(26-27-22)16(34-17)11-33-21(32)24-15(19(30)23-2)8-13-6-4-3-5-7-13/h3-7,10,14-17H,8-9,11H2,1-2H3,(H,23,30)(H,24,32)(H,25,29,31)/t14-,15+,16+,17+/m0/s1. The number of hydrogen-bond acceptors (Lipinski definition) is 7. The van der Waals surface area contributed by atoms with Crippen LogP contribution in [0.4, 0.5) is 4.79 Å². The smallest absolute Gasteiger partial charge is 0.407 e. The van der Waals surface area contributed by atoms with Crippen molar-refractivity contribution in [1.82, 2.24) is 20.2 Å². The molecule has 2 aromatic rings. The van der Waals surface area contributed by atoms with Gasteiger partial charge in [-0.15, -0.1) is 0 Å². The number of likely N-dealkylation sites (N-methyl/N-ethyl adjacent to an activating group) is 1. The molecular formula is C21H25N7O6. The Morgan fingerprint density at radius 2 is 2.09 bits per heavy atom. The molecular weight excluding hydrogens is 446 g/mol. The number of rotatable bonds is 8. The van der Waals surface area contributed by atoms with Crippen LogP contribution in [0.5, 0.6) is 0 Å². The fourth-order valence-corrected chi connectivity index (χ4v) is 3.60. The van der Waals surface area contributed by atoms with E-state index >= 15 is 0 Å². The van der Waals surface area contributed by atoms with Crippen molar-refractivity contribution in [2.75, 3.05) is 13.7 Å². The van der Waals surface area contributed by atoms with E-state index in [-0.39, 0.29) is 19.4 Å². The zero-order valence-corrected chi connectivity index (χ0v) is 18.6. The molecule has 34 heavy (non-hydrogen) atoms. The number of benzene rings is 1. The Bertz CT molecular complexity index is 1190. The number of hydrogen-bond donors (Lipinski definition) is 3. The van der Waals surface area contributed by atoms with Gasteiger partial charge in [0, 0.05) is 36.6 Å². The highest BCUT2D eigenvalue weighted by Gasteiger charge is 2.37. The first-order chi connectivity index (χ1) is 16.3. The van der Waals surface area contributed by atoms with Crippen LogP contribution in [0.2, 0.25) is 0 Å². The minimum absolute atomic E-state index is 0.139. The number of amides is 2. The van der Waals surface area contributed by atoms with Crippen molar-refractivity contribution in [2.45, 2.75) is 44.2 Å². The maximum absolute atomic E-state index is 12.4. The van der Waals surface area contributed by atoms with Gasteiger partial charge in [-0.2, -0.15) is 0 Å². The van der Waals surface area contributed by atoms with E-state index in [1.165, 1.54) is 24.7 Å². The van der Waals surface area contributed by atoms with Crippen molar-refractivity contribution in [2.24, 2.45) is 5.11 Å². The monoisotopic (exact) mass is 471 g/mol. The van der Waals surface area contributed by atoms with Crippen molar-refractivity contribution in [1.29, 1.82) is 0 Å². The van der Waals surface area contributed by atoms with Gasteiger partial charge in [0.2, 0.25) is 5.91 Å². The largest absolute Gasteiger partial charge is 0.447 e. The summed E-state index contributed by atoms with van der Waals surface area (Å²) in [7, 11) is 1.46. The lowest BCUT2D eigenvalue weighted by Gasteiger charge is -2.19. The summed E-state index contributed by atoms with van der Waals surface area (Å²) in [6.07, 6.45) is -0.765. The summed E-state index contributed by atoms with van der Waals surface area (Å²) in [4.78, 5) is 53.4. The van der Waals surface area contributed by atoms with Crippen LogP contribution in [0, 0.1) is 6.92 Å². The molecule has 0 aliphatic carbocycles. The van der Waals surface area contributed by atoms with Crippen LogP contribution in [0.15, 0.2) is 51.2 Å². The third kappa shape index (κ3) is 6.03. The Morgan fingerprint density at radius 1 is 1.35 bits per heavy atom. The molecule has 13 heteroatoms. The minimum atomic E-state index is -0.868. The molecule has 1 fully saturated rings. The van der Waals surface area contributed by atoms with Gasteiger partial charge in [-0.3, -0.25) is 19.1 Å². The second kappa shape index (κ2) is 11.2. The molecule has 1 saturated heterocycles. The van der Waals surface area contributed by atoms with E-state index in [4.69, 9.17) is 15.0 Å². The SMILES string of the molecule is CNC(=O)[C@@H](Cc1ccccc1)NC(=O)OC[C@H]1O[C@@H](n2cc(C)c(=O)[nH]c2=O)C[C@@H]1N=[N+]=[N-]. The predicted molar refractivity (Wildman–Crippen MR) is 120 cm³/mol. The molecule has 0 saturated carbocycles. The van der Waals surface area contributed by atoms with E-state index in [9.17, 15) is 19.2 Å². The van der Waals surface area contributed by atoms with Gasteiger partial charge >= 0.3 is 11.8 Å². The van der Waals surface area contributed by atoms with Crippen LogP contribution >= 0.6 is 0 Å². The first kappa shape index (κ1) is 24.6. The Labute approximate surface area is 193 Å². The number of aryl methyl sites for hydroxylation is 1. The van der Waals surface area contributed by atoms with Crippen molar-refractivity contribution < 1.29 is 19.1 Å². The summed E-state index contributed by atoms with van der Waals surface area (Å²) in [6, 6.07) is 7.58. The summed E-state index contributed by atoms with van der Waals surface area (Å²) in [5, 5.41) is 8.71. The van der Waals surface area contributed by atoms with Gasteiger partial charge < -0.3 is 20.1 Å². The lowest BCUT2D eigenvalue weighted by atomic mass is 10.1. The first-order valence-corrected chi connectivity index (χ1v) is 10.5. The molecule has 1 aromatic heterocycles. The van der Waals surface area contributed by atoms with Gasteiger partial charge in [0.05, 0.1) is 6.04 Å². The van der Waals surface area contributed by atoms with E-state index in [1.807, 2.05) is 30.3 Å². The number of nitrogens with one attached hydrogen (secondary N) is 3. The highest BCUT2D eigenvalue weighted by molar-refractivity contribution is 5.85. The molecule has 2 amide bonds. The number of aromatic amines is 1. The number of azide groups is 1. The van der Waals surface area contributed by atoms with E-state index in [2.05, 4.69) is 25.6 Å². The van der Waals surface area contributed by atoms with Crippen molar-refractivity contribution in [3.63, 3.8) is 0 Å². The molecule has 0 unspecified atom stereocenters. The number of aromatic nitrogens is 2. The van der Waals surface area contributed by atoms with E-state index in [0.29, 0.717) is 5.56 Å². The maximum atomic E-state index is 12.4. The number of carbonyl (C=O) groups excluding carboxylic acids is 2. The molecule has 0 spiro atoms. The molecule has 180 valence electrons. The van der Waals surface area contributed by atoms with E-state index in [0.717, 1.165) is 5.56 Å². The quantitative estimate of drug-likeness (QED) is 0.292. The predicted octanol–water partition coefficient (Wildman–Crippen LogP) is 0.895. The third-order valence-corrected chi connectivity index (χ3v) is 5.38. The lowest BCUT2D eigenvalue weighted by Crippen LogP contribution is -2.47. The number of alkyl carbamates (subject to hydrolysis) is 1. The molecule has 3 N–H and O–H groups in total. The van der Waals surface area contributed by atoms with Gasteiger partial charge in [-0.25, -0.2) is 9.59 Å². The second-order valence-electron chi connectivity index (χ2n) is 7.72. The van der Waals surface area contributed by atoms with Gasteiger partial charge in [0.25, 0.3) is 5.56 Å². The Morgan fingerprint density at radius 3 is 2.76 bits per heavy atom. The van der Waals surface area contributed by atoms with Crippen molar-refractivity contribution in [3.05, 3.63) is 78.9 Å². The first-order valence-electron chi connectivity index (χ1n) is 10.5. The Hall–Kier alpha value is -4.09. The van der Waals surface area contributed by atoms with Gasteiger partial charge in [0.1, 0.15) is 25.0 Å². The molecule has 3 rings (SSSR count). The van der Waals surface area contributed by atoms with Gasteiger partial charge in [0.15, 0.2) is 0 Å². The molecule has 0 bridgehead atoms. The van der Waals surface area contributed by atoms with Crippen LogP contribution < -0.4 is 21.9 Å². The topological polar surface area (TPSA) is 180 Å². The zero-order chi connectivity index (χ0) is 24.7. The molecule has 2 heterocycles. The average Bonchev–Trinajstić information content (AvgIpc) is 3.22. The third-order valence-electron chi connectivity index (χ3n) is 5.38. The minimum Gasteiger partial charge on any atom is -0.447 e. The Kier molecular flexibility index (Phi) is 8.06. The average molecular weight is 471 g/mol. The molecule has 4 atom stereocenters. The number of nitrogens with zero attached hydrogens (tertiary/aromatic N) is 4. The molecule has 1 aromatic carbocycles. The van der Waals surface area contributed by atoms with Crippen LogP contribution in [0.3, 0.4) is 0 Å². The van der Waals surface area contributed by atoms with Gasteiger partial charge in [-0.1, -0.05) is 35.4 Å². The van der Waals surface area contributed by atoms with Crippen LogP contribution in [-0.2, 0) is 20.7 Å². The summed E-state index contributed by atoms with van der Waals surface area (Å²) >= 11 is 0. The van der Waals surface area contributed by atoms with Crippen LogP contribution in [-0.4, -0.2) is 53.4 Å². The van der Waals surface area contributed by atoms with Crippen LogP contribution in [0.25, 0.3) is 10.4 Å². The lowest BCUT2D eigenvalue weighted by molar-refractivity contribution is -0.122. The summed E-state index contributed by atoms with van der Waals surface area (Å²) in [5.74, 6) is -0.391. The van der Waals surface area contributed by atoms with E-state index < -0.39 is 47.7 Å². The van der Waals surface area contributed by atoms with E-state index in [1.54, 1.807) is 0 Å². The fourth-order valence-electron chi connectivity index (χ4n) is 3.60. The molecule has 1 aliphatic rings. The summed E-state index contributed by atoms with van der Waals surface area (Å²) in [5.41, 5.74) is 8.86. The zero-order valence-electron chi connectivity index (χ0n) is 18.6. The normalized spacial score (nSPS) is 20.1. The number of carbonyl (C=O) groups is 2. The van der Waals surface area contributed by atoms with Gasteiger partial charge in [-0.05, 0) is 18.0 Å². The number of ether oxygens (including phenoxy) is 2. The fraction of sp³-hybridized carbons (Fsp3) is 0.429. The van der Waals surface area contributed by atoms with Crippen molar-refractivity contribution in [3.8, 4) is 0 Å². The highest BCUT2D eigenvalue weighted by atomic mass is 16.6. The molecule has 1 aliphatic heterocycles. The molecule has 13 nitrogen and oxygen atoms in total.